The van der Waals surface area contributed by atoms with E-state index in [1.165, 1.54) is 0 Å². The fourth-order valence-electron chi connectivity index (χ4n) is 2.30. The fourth-order valence-corrected chi connectivity index (χ4v) is 2.30. The highest BCUT2D eigenvalue weighted by molar-refractivity contribution is 5.82. The molecule has 2 aromatic rings. The second kappa shape index (κ2) is 10.8. The largest absolute Gasteiger partial charge is 0.484 e. The van der Waals surface area contributed by atoms with Crippen LogP contribution in [-0.2, 0) is 16.0 Å². The third-order valence-electron chi connectivity index (χ3n) is 3.59. The Kier molecular flexibility index (Phi) is 8.03. The Morgan fingerprint density at radius 3 is 2.41 bits per heavy atom. The number of nitrogens with zero attached hydrogens (tertiary/aromatic N) is 1. The zero-order valence-corrected chi connectivity index (χ0v) is 15.6. The van der Waals surface area contributed by atoms with Crippen molar-refractivity contribution in [2.24, 2.45) is 5.10 Å². The van der Waals surface area contributed by atoms with E-state index in [0.29, 0.717) is 18.6 Å². The van der Waals surface area contributed by atoms with Crippen LogP contribution in [0.5, 0.6) is 5.75 Å². The first-order chi connectivity index (χ1) is 13.0. The quantitative estimate of drug-likeness (QED) is 0.528. The average Bonchev–Trinajstić information content (AvgIpc) is 2.66. The van der Waals surface area contributed by atoms with Crippen molar-refractivity contribution in [3.05, 3.63) is 65.7 Å². The van der Waals surface area contributed by atoms with Gasteiger partial charge in [0.25, 0.3) is 5.91 Å². The summed E-state index contributed by atoms with van der Waals surface area (Å²) in [4.78, 5) is 23.3. The lowest BCUT2D eigenvalue weighted by molar-refractivity contribution is -0.123. The molecule has 0 aliphatic rings. The zero-order chi connectivity index (χ0) is 19.5. The lowest BCUT2D eigenvalue weighted by Gasteiger charge is -2.09. The minimum atomic E-state index is -0.158. The average molecular weight is 367 g/mol. The molecule has 2 amide bonds. The van der Waals surface area contributed by atoms with E-state index < -0.39 is 0 Å². The first-order valence-electron chi connectivity index (χ1n) is 8.91. The molecule has 0 atom stereocenters. The number of rotatable bonds is 9. The number of carbonyl (C=O) groups is 2. The number of hydrazone groups is 1. The highest BCUT2D eigenvalue weighted by Gasteiger charge is 2.04. The van der Waals surface area contributed by atoms with E-state index in [9.17, 15) is 9.59 Å². The summed E-state index contributed by atoms with van der Waals surface area (Å²) >= 11 is 0. The number of hydrogen-bond acceptors (Lipinski definition) is 4. The molecule has 0 aliphatic carbocycles. The van der Waals surface area contributed by atoms with Gasteiger partial charge in [0.2, 0.25) is 5.91 Å². The molecular weight excluding hydrogens is 342 g/mol. The third-order valence-corrected chi connectivity index (χ3v) is 3.59. The van der Waals surface area contributed by atoms with Crippen LogP contribution in [-0.4, -0.2) is 30.7 Å². The van der Waals surface area contributed by atoms with Crippen molar-refractivity contribution in [2.75, 3.05) is 6.61 Å². The molecule has 6 heteroatoms. The van der Waals surface area contributed by atoms with Crippen LogP contribution in [0.4, 0.5) is 0 Å². The van der Waals surface area contributed by atoms with Gasteiger partial charge >= 0.3 is 0 Å². The van der Waals surface area contributed by atoms with Gasteiger partial charge in [0.15, 0.2) is 6.61 Å². The maximum atomic E-state index is 11.8. The Morgan fingerprint density at radius 2 is 1.74 bits per heavy atom. The summed E-state index contributed by atoms with van der Waals surface area (Å²) in [6, 6.07) is 17.0. The molecule has 27 heavy (non-hydrogen) atoms. The molecule has 0 aliphatic heterocycles. The summed E-state index contributed by atoms with van der Waals surface area (Å²) in [5.74, 6) is 0.304. The molecule has 2 N–H and O–H groups in total. The van der Waals surface area contributed by atoms with Crippen molar-refractivity contribution >= 4 is 18.0 Å². The van der Waals surface area contributed by atoms with E-state index >= 15 is 0 Å². The molecule has 0 spiro atoms. The van der Waals surface area contributed by atoms with E-state index in [4.69, 9.17) is 4.74 Å². The van der Waals surface area contributed by atoms with Crippen LogP contribution in [0.2, 0.25) is 0 Å². The lowest BCUT2D eigenvalue weighted by Crippen LogP contribution is -2.34. The van der Waals surface area contributed by atoms with Gasteiger partial charge in [0, 0.05) is 12.5 Å². The maximum absolute atomic E-state index is 11.8. The number of aryl methyl sites for hydroxylation is 1. The third kappa shape index (κ3) is 8.18. The SMILES string of the molecule is CC(C)NC(=O)COc1ccc(/C=N\NC(=O)CCc2ccccc2)cc1. The van der Waals surface area contributed by atoms with Crippen molar-refractivity contribution in [1.82, 2.24) is 10.7 Å². The summed E-state index contributed by atoms with van der Waals surface area (Å²) in [5, 5.41) is 6.72. The molecule has 2 aromatic carbocycles. The number of hydrogen-bond donors (Lipinski definition) is 2. The maximum Gasteiger partial charge on any atom is 0.258 e. The summed E-state index contributed by atoms with van der Waals surface area (Å²) in [6.07, 6.45) is 2.63. The standard InChI is InChI=1S/C21H25N3O3/c1-16(2)23-21(26)15-27-19-11-8-18(9-12-19)14-22-24-20(25)13-10-17-6-4-3-5-7-17/h3-9,11-12,14,16H,10,13,15H2,1-2H3,(H,23,26)(H,24,25)/b22-14-. The molecule has 0 fully saturated rings. The molecule has 0 unspecified atom stereocenters. The number of benzene rings is 2. The van der Waals surface area contributed by atoms with Gasteiger partial charge in [0.05, 0.1) is 6.21 Å². The van der Waals surface area contributed by atoms with Gasteiger partial charge in [0.1, 0.15) is 5.75 Å². The van der Waals surface area contributed by atoms with Crippen LogP contribution in [0.3, 0.4) is 0 Å². The topological polar surface area (TPSA) is 79.8 Å². The summed E-state index contributed by atoms with van der Waals surface area (Å²) in [5.41, 5.74) is 4.46. The lowest BCUT2D eigenvalue weighted by atomic mass is 10.1. The molecule has 0 bridgehead atoms. The monoisotopic (exact) mass is 367 g/mol. The highest BCUT2D eigenvalue weighted by atomic mass is 16.5. The Labute approximate surface area is 159 Å². The normalized spacial score (nSPS) is 10.8. The van der Waals surface area contributed by atoms with Gasteiger partial charge in [-0.3, -0.25) is 9.59 Å². The van der Waals surface area contributed by atoms with E-state index in [2.05, 4.69) is 15.8 Å². The van der Waals surface area contributed by atoms with Crippen LogP contribution in [0.1, 0.15) is 31.4 Å². The van der Waals surface area contributed by atoms with Gasteiger partial charge in [-0.25, -0.2) is 5.43 Å². The molecular formula is C21H25N3O3. The molecule has 0 aromatic heterocycles. The number of amides is 2. The molecule has 0 heterocycles. The molecule has 0 saturated carbocycles. The van der Waals surface area contributed by atoms with E-state index in [1.54, 1.807) is 30.5 Å². The van der Waals surface area contributed by atoms with Crippen LogP contribution >= 0.6 is 0 Å². The Hall–Kier alpha value is -3.15. The number of carbonyl (C=O) groups excluding carboxylic acids is 2. The number of nitrogens with one attached hydrogen (secondary N) is 2. The van der Waals surface area contributed by atoms with Crippen molar-refractivity contribution in [2.45, 2.75) is 32.7 Å². The van der Waals surface area contributed by atoms with Gasteiger partial charge in [-0.15, -0.1) is 0 Å². The van der Waals surface area contributed by atoms with E-state index in [0.717, 1.165) is 11.1 Å². The fraction of sp³-hybridized carbons (Fsp3) is 0.286. The highest BCUT2D eigenvalue weighted by Crippen LogP contribution is 2.11. The van der Waals surface area contributed by atoms with Crippen molar-refractivity contribution in [3.63, 3.8) is 0 Å². The van der Waals surface area contributed by atoms with E-state index in [-0.39, 0.29) is 24.5 Å². The van der Waals surface area contributed by atoms with Crippen LogP contribution < -0.4 is 15.5 Å². The van der Waals surface area contributed by atoms with Gasteiger partial charge in [-0.1, -0.05) is 30.3 Å². The number of ether oxygens (including phenoxy) is 1. The van der Waals surface area contributed by atoms with E-state index in [1.807, 2.05) is 44.2 Å². The Morgan fingerprint density at radius 1 is 1.04 bits per heavy atom. The molecule has 0 radical (unpaired) electrons. The summed E-state index contributed by atoms with van der Waals surface area (Å²) < 4.78 is 5.41. The smallest absolute Gasteiger partial charge is 0.258 e. The van der Waals surface area contributed by atoms with Crippen LogP contribution in [0, 0.1) is 0 Å². The summed E-state index contributed by atoms with van der Waals surface area (Å²) in [6.45, 7) is 3.77. The van der Waals surface area contributed by atoms with Crippen molar-refractivity contribution < 1.29 is 14.3 Å². The molecule has 6 nitrogen and oxygen atoms in total. The van der Waals surface area contributed by atoms with Gasteiger partial charge in [-0.05, 0) is 55.7 Å². The minimum Gasteiger partial charge on any atom is -0.484 e. The Balaban J connectivity index is 1.72. The first kappa shape index (κ1) is 20.2. The zero-order valence-electron chi connectivity index (χ0n) is 15.6. The summed E-state index contributed by atoms with van der Waals surface area (Å²) in [7, 11) is 0. The molecule has 2 rings (SSSR count). The second-order valence-electron chi connectivity index (χ2n) is 6.36. The Bertz CT molecular complexity index is 756. The first-order valence-corrected chi connectivity index (χ1v) is 8.91. The van der Waals surface area contributed by atoms with Crippen molar-refractivity contribution in [3.8, 4) is 5.75 Å². The second-order valence-corrected chi connectivity index (χ2v) is 6.36. The predicted molar refractivity (Wildman–Crippen MR) is 106 cm³/mol. The van der Waals surface area contributed by atoms with Crippen molar-refractivity contribution in [1.29, 1.82) is 0 Å². The van der Waals surface area contributed by atoms with Crippen LogP contribution in [0.15, 0.2) is 59.7 Å². The van der Waals surface area contributed by atoms with Gasteiger partial charge in [-0.2, -0.15) is 5.10 Å². The van der Waals surface area contributed by atoms with Crippen LogP contribution in [0.25, 0.3) is 0 Å². The molecule has 142 valence electrons. The minimum absolute atomic E-state index is 0.0247. The molecule has 0 saturated heterocycles. The predicted octanol–water partition coefficient (Wildman–Crippen LogP) is 2.67. The van der Waals surface area contributed by atoms with Gasteiger partial charge < -0.3 is 10.1 Å².